The zero-order valence-corrected chi connectivity index (χ0v) is 18.0. The average molecular weight is 439 g/mol. The van der Waals surface area contributed by atoms with Gasteiger partial charge in [-0.25, -0.2) is 4.98 Å². The first-order valence-electron chi connectivity index (χ1n) is 9.65. The van der Waals surface area contributed by atoms with Crippen LogP contribution in [-0.4, -0.2) is 41.5 Å². The van der Waals surface area contributed by atoms with E-state index in [4.69, 9.17) is 10.5 Å². The minimum absolute atomic E-state index is 0. The molecule has 2 aromatic rings. The molecule has 1 saturated carbocycles. The minimum atomic E-state index is 0. The van der Waals surface area contributed by atoms with Gasteiger partial charge < -0.3 is 20.7 Å². The first-order chi connectivity index (χ1) is 13.2. The molecule has 8 heteroatoms. The van der Waals surface area contributed by atoms with Gasteiger partial charge in [0.05, 0.1) is 12.2 Å². The molecule has 1 aromatic heterocycles. The summed E-state index contributed by atoms with van der Waals surface area (Å²) < 4.78 is 5.47. The molecule has 4 rings (SSSR count). The number of fused-ring (bicyclic) bond motifs is 1. The second-order valence-electron chi connectivity index (χ2n) is 7.36. The third-order valence-corrected chi connectivity index (χ3v) is 5.67. The Labute approximate surface area is 184 Å². The van der Waals surface area contributed by atoms with Gasteiger partial charge in [0.15, 0.2) is 0 Å². The van der Waals surface area contributed by atoms with E-state index >= 15 is 0 Å². The SMILES string of the molecule is CCOc1ccc(Nc2ncccc2C(=O)N2CC3CCC(N)C3C2)cc1.Cl.Cl. The fourth-order valence-corrected chi connectivity index (χ4v) is 4.26. The summed E-state index contributed by atoms with van der Waals surface area (Å²) in [6.45, 7) is 4.14. The number of nitrogens with two attached hydrogens (primary N) is 1. The lowest BCUT2D eigenvalue weighted by atomic mass is 9.98. The van der Waals surface area contributed by atoms with E-state index < -0.39 is 0 Å². The van der Waals surface area contributed by atoms with Crippen LogP contribution in [0.25, 0.3) is 0 Å². The van der Waals surface area contributed by atoms with Gasteiger partial charge in [-0.3, -0.25) is 4.79 Å². The molecule has 0 bridgehead atoms. The summed E-state index contributed by atoms with van der Waals surface area (Å²) >= 11 is 0. The van der Waals surface area contributed by atoms with Gasteiger partial charge in [0.25, 0.3) is 5.91 Å². The van der Waals surface area contributed by atoms with Gasteiger partial charge in [-0.2, -0.15) is 0 Å². The highest BCUT2D eigenvalue weighted by Gasteiger charge is 2.42. The standard InChI is InChI=1S/C21H26N4O2.2ClH/c1-2-27-16-8-6-15(7-9-16)24-20-17(4-3-11-23-20)21(26)25-12-14-5-10-19(22)18(14)13-25;;/h3-4,6-9,11,14,18-19H,2,5,10,12-13,22H2,1H3,(H,23,24);2*1H. The molecule has 29 heavy (non-hydrogen) atoms. The fourth-order valence-electron chi connectivity index (χ4n) is 4.26. The number of likely N-dealkylation sites (tertiary alicyclic amines) is 1. The van der Waals surface area contributed by atoms with Crippen LogP contribution in [-0.2, 0) is 0 Å². The lowest BCUT2D eigenvalue weighted by Gasteiger charge is -2.20. The highest BCUT2D eigenvalue weighted by Crippen LogP contribution is 2.38. The quantitative estimate of drug-likeness (QED) is 0.739. The van der Waals surface area contributed by atoms with Crippen molar-refractivity contribution in [2.75, 3.05) is 25.0 Å². The Bertz CT molecular complexity index is 819. The largest absolute Gasteiger partial charge is 0.494 e. The van der Waals surface area contributed by atoms with E-state index in [0.29, 0.717) is 29.8 Å². The second-order valence-corrected chi connectivity index (χ2v) is 7.36. The normalized spacial score (nSPS) is 22.3. The third kappa shape index (κ3) is 4.94. The number of pyridine rings is 1. The monoisotopic (exact) mass is 438 g/mol. The van der Waals surface area contributed by atoms with Crippen LogP contribution in [0.1, 0.15) is 30.1 Å². The number of ether oxygens (including phenoxy) is 1. The summed E-state index contributed by atoms with van der Waals surface area (Å²) in [7, 11) is 0. The van der Waals surface area contributed by atoms with Crippen molar-refractivity contribution >= 4 is 42.2 Å². The highest BCUT2D eigenvalue weighted by molar-refractivity contribution is 5.99. The predicted molar refractivity (Wildman–Crippen MR) is 120 cm³/mol. The molecule has 2 aliphatic rings. The van der Waals surface area contributed by atoms with Crippen LogP contribution in [0, 0.1) is 11.8 Å². The van der Waals surface area contributed by atoms with E-state index in [1.807, 2.05) is 42.2 Å². The number of amides is 1. The molecular weight excluding hydrogens is 411 g/mol. The molecule has 0 radical (unpaired) electrons. The maximum atomic E-state index is 13.1. The average Bonchev–Trinajstić information content (AvgIpc) is 3.26. The summed E-state index contributed by atoms with van der Waals surface area (Å²) in [4.78, 5) is 19.5. The number of aromatic nitrogens is 1. The molecule has 3 unspecified atom stereocenters. The summed E-state index contributed by atoms with van der Waals surface area (Å²) in [5, 5.41) is 3.27. The van der Waals surface area contributed by atoms with Crippen LogP contribution in [0.4, 0.5) is 11.5 Å². The van der Waals surface area contributed by atoms with Crippen molar-refractivity contribution in [1.82, 2.24) is 9.88 Å². The van der Waals surface area contributed by atoms with E-state index in [1.54, 1.807) is 12.3 Å². The van der Waals surface area contributed by atoms with E-state index in [1.165, 1.54) is 0 Å². The number of rotatable bonds is 5. The number of carbonyl (C=O) groups is 1. The number of nitrogens with one attached hydrogen (secondary N) is 1. The van der Waals surface area contributed by atoms with Gasteiger partial charge >= 0.3 is 0 Å². The lowest BCUT2D eigenvalue weighted by molar-refractivity contribution is 0.0780. The maximum Gasteiger partial charge on any atom is 0.257 e. The first kappa shape index (κ1) is 23.3. The maximum absolute atomic E-state index is 13.1. The van der Waals surface area contributed by atoms with Gasteiger partial charge in [-0.1, -0.05) is 0 Å². The van der Waals surface area contributed by atoms with Crippen molar-refractivity contribution in [3.05, 3.63) is 48.2 Å². The second kappa shape index (κ2) is 10.1. The molecular formula is C21H28Cl2N4O2. The van der Waals surface area contributed by atoms with Crippen molar-refractivity contribution in [1.29, 1.82) is 0 Å². The lowest BCUT2D eigenvalue weighted by Crippen LogP contribution is -2.33. The fraction of sp³-hybridized carbons (Fsp3) is 0.429. The minimum Gasteiger partial charge on any atom is -0.494 e. The van der Waals surface area contributed by atoms with Crippen LogP contribution in [0.5, 0.6) is 5.75 Å². The van der Waals surface area contributed by atoms with Gasteiger partial charge in [0.2, 0.25) is 0 Å². The molecule has 3 atom stereocenters. The predicted octanol–water partition coefficient (Wildman–Crippen LogP) is 3.88. The Morgan fingerprint density at radius 2 is 1.97 bits per heavy atom. The van der Waals surface area contributed by atoms with Crippen LogP contribution < -0.4 is 15.8 Å². The van der Waals surface area contributed by atoms with Crippen LogP contribution in [0.3, 0.4) is 0 Å². The van der Waals surface area contributed by atoms with Crippen molar-refractivity contribution in [2.24, 2.45) is 17.6 Å². The number of nitrogens with zero attached hydrogens (tertiary/aromatic N) is 2. The van der Waals surface area contributed by atoms with Gasteiger partial charge in [0.1, 0.15) is 11.6 Å². The van der Waals surface area contributed by atoms with Gasteiger partial charge in [0, 0.05) is 31.0 Å². The Kier molecular flexibility index (Phi) is 8.14. The molecule has 6 nitrogen and oxygen atoms in total. The molecule has 1 aromatic carbocycles. The van der Waals surface area contributed by atoms with E-state index in [0.717, 1.165) is 37.4 Å². The molecule has 1 aliphatic carbocycles. The molecule has 2 heterocycles. The summed E-state index contributed by atoms with van der Waals surface area (Å²) in [6.07, 6.45) is 3.90. The zero-order chi connectivity index (χ0) is 18.8. The van der Waals surface area contributed by atoms with Crippen LogP contribution >= 0.6 is 24.8 Å². The molecule has 3 N–H and O–H groups in total. The molecule has 1 saturated heterocycles. The van der Waals surface area contributed by atoms with E-state index in [9.17, 15) is 4.79 Å². The Morgan fingerprint density at radius 3 is 2.66 bits per heavy atom. The smallest absolute Gasteiger partial charge is 0.257 e. The summed E-state index contributed by atoms with van der Waals surface area (Å²) in [5.74, 6) is 2.41. The number of hydrogen-bond acceptors (Lipinski definition) is 5. The number of anilines is 2. The summed E-state index contributed by atoms with van der Waals surface area (Å²) in [5.41, 5.74) is 7.68. The van der Waals surface area contributed by atoms with Crippen molar-refractivity contribution in [3.8, 4) is 5.75 Å². The summed E-state index contributed by atoms with van der Waals surface area (Å²) in [6, 6.07) is 11.5. The Morgan fingerprint density at radius 1 is 1.21 bits per heavy atom. The molecule has 1 amide bonds. The Hall–Kier alpha value is -2.02. The van der Waals surface area contributed by atoms with Gasteiger partial charge in [-0.05, 0) is 68.0 Å². The highest BCUT2D eigenvalue weighted by atomic mass is 35.5. The van der Waals surface area contributed by atoms with Crippen molar-refractivity contribution in [2.45, 2.75) is 25.8 Å². The topological polar surface area (TPSA) is 80.5 Å². The van der Waals surface area contributed by atoms with Crippen LogP contribution in [0.15, 0.2) is 42.6 Å². The number of hydrogen-bond donors (Lipinski definition) is 2. The molecule has 0 spiro atoms. The van der Waals surface area contributed by atoms with E-state index in [-0.39, 0.29) is 36.8 Å². The zero-order valence-electron chi connectivity index (χ0n) is 16.4. The van der Waals surface area contributed by atoms with Crippen molar-refractivity contribution < 1.29 is 9.53 Å². The molecule has 158 valence electrons. The first-order valence-corrected chi connectivity index (χ1v) is 9.65. The van der Waals surface area contributed by atoms with E-state index in [2.05, 4.69) is 10.3 Å². The van der Waals surface area contributed by atoms with Crippen molar-refractivity contribution in [3.63, 3.8) is 0 Å². The number of benzene rings is 1. The molecule has 2 fully saturated rings. The third-order valence-electron chi connectivity index (χ3n) is 5.67. The van der Waals surface area contributed by atoms with Crippen LogP contribution in [0.2, 0.25) is 0 Å². The number of carbonyl (C=O) groups excluding carboxylic acids is 1. The Balaban J connectivity index is 0.00000150. The number of halogens is 2. The molecule has 1 aliphatic heterocycles. The van der Waals surface area contributed by atoms with Gasteiger partial charge in [-0.15, -0.1) is 24.8 Å².